The predicted octanol–water partition coefficient (Wildman–Crippen LogP) is 0.540. The third kappa shape index (κ3) is 15.4. The first kappa shape index (κ1) is 51.4. The lowest BCUT2D eigenvalue weighted by atomic mass is 9.94. The van der Waals surface area contributed by atoms with Gasteiger partial charge < -0.3 is 57.8 Å². The maximum absolute atomic E-state index is 14.0. The van der Waals surface area contributed by atoms with Gasteiger partial charge in [0, 0.05) is 47.6 Å². The van der Waals surface area contributed by atoms with Gasteiger partial charge >= 0.3 is 11.9 Å². The van der Waals surface area contributed by atoms with Crippen LogP contribution in [0.4, 0.5) is 0 Å². The summed E-state index contributed by atoms with van der Waals surface area (Å²) in [5.41, 5.74) is 7.76. The number of rotatable bonds is 26. The minimum Gasteiger partial charge on any atom is -0.481 e. The van der Waals surface area contributed by atoms with Crippen molar-refractivity contribution < 1.29 is 48.6 Å². The molecule has 1 aromatic carbocycles. The molecule has 0 radical (unpaired) electrons. The highest BCUT2D eigenvalue weighted by atomic mass is 32.1. The number of aliphatic carboxylic acids is 2. The molecule has 2 heterocycles. The predicted molar refractivity (Wildman–Crippen MR) is 236 cm³/mol. The third-order valence-corrected chi connectivity index (χ3v) is 11.2. The third-order valence-electron chi connectivity index (χ3n) is 10.8. The standard InChI is InChI=1S/C42H62N10O10S/c1-7-22(5)34(40(59)50-32(42(61)62)14-24-17-45-28-12-10-9-11-26(24)28)52-41(60)35(23(6)8-2)51-39(58)31(16-33(53)54)49-37(56)29(13-21(3)4)48-38(57)30(15-25-18-44-20-46-25)47-36(55)27(43)19-63/h9-12,17-18,20-23,27,29-32,34-35,45,63H,7-8,13-16,19,43H2,1-6H3,(H,44,46)(H,47,55)(H,48,57)(H,49,56)(H,50,59)(H,51,58)(H,52,60)(H,53,54)(H,61,62). The molecule has 21 heteroatoms. The number of carbonyl (C=O) groups is 8. The average Bonchev–Trinajstić information content (AvgIpc) is 3.92. The number of nitrogens with one attached hydrogen (secondary N) is 8. The van der Waals surface area contributed by atoms with E-state index >= 15 is 0 Å². The van der Waals surface area contributed by atoms with E-state index in [0.717, 1.165) is 10.9 Å². The van der Waals surface area contributed by atoms with E-state index < -0.39 is 108 Å². The molecule has 3 rings (SSSR count). The highest BCUT2D eigenvalue weighted by molar-refractivity contribution is 7.80. The van der Waals surface area contributed by atoms with Crippen LogP contribution in [0, 0.1) is 17.8 Å². The summed E-state index contributed by atoms with van der Waals surface area (Å²) in [4.78, 5) is 116. The van der Waals surface area contributed by atoms with Crippen molar-refractivity contribution in [3.05, 3.63) is 54.2 Å². The molecule has 3 aromatic rings. The van der Waals surface area contributed by atoms with Crippen molar-refractivity contribution in [3.8, 4) is 0 Å². The summed E-state index contributed by atoms with van der Waals surface area (Å²) in [7, 11) is 0. The largest absolute Gasteiger partial charge is 0.481 e. The number of thiol groups is 1. The highest BCUT2D eigenvalue weighted by Crippen LogP contribution is 2.20. The van der Waals surface area contributed by atoms with Crippen LogP contribution in [0.2, 0.25) is 0 Å². The first-order valence-corrected chi connectivity index (χ1v) is 21.6. The van der Waals surface area contributed by atoms with Crippen LogP contribution >= 0.6 is 12.6 Å². The summed E-state index contributed by atoms with van der Waals surface area (Å²) < 4.78 is 0. The first-order valence-electron chi connectivity index (χ1n) is 20.9. The van der Waals surface area contributed by atoms with E-state index in [2.05, 4.69) is 59.5 Å². The topological polar surface area (TPSA) is 320 Å². The van der Waals surface area contributed by atoms with Crippen LogP contribution in [-0.4, -0.2) is 121 Å². The van der Waals surface area contributed by atoms with Crippen LogP contribution in [0.15, 0.2) is 43.0 Å². The fraction of sp³-hybridized carbons (Fsp3) is 0.548. The van der Waals surface area contributed by atoms with Crippen molar-refractivity contribution >= 4 is 70.9 Å². The van der Waals surface area contributed by atoms with Crippen LogP contribution in [-0.2, 0) is 51.2 Å². The van der Waals surface area contributed by atoms with Gasteiger partial charge in [-0.2, -0.15) is 12.6 Å². The number of H-pyrrole nitrogens is 2. The van der Waals surface area contributed by atoms with Crippen molar-refractivity contribution in [1.29, 1.82) is 0 Å². The van der Waals surface area contributed by atoms with Crippen molar-refractivity contribution in [2.24, 2.45) is 23.5 Å². The smallest absolute Gasteiger partial charge is 0.326 e. The van der Waals surface area contributed by atoms with Gasteiger partial charge in [-0.25, -0.2) is 9.78 Å². The summed E-state index contributed by atoms with van der Waals surface area (Å²) in [5.74, 6) is -8.96. The second-order valence-corrected chi connectivity index (χ2v) is 16.6. The fourth-order valence-electron chi connectivity index (χ4n) is 6.70. The molecule has 0 saturated heterocycles. The summed E-state index contributed by atoms with van der Waals surface area (Å²) in [6, 6.07) is -1.93. The minimum absolute atomic E-state index is 0.0106. The zero-order chi connectivity index (χ0) is 47.0. The number of imidazole rings is 1. The SMILES string of the molecule is CCC(C)C(NC(=O)C(CC(=O)O)NC(=O)C(CC(C)C)NC(=O)C(Cc1cnc[nH]1)NC(=O)C(N)CS)C(=O)NC(C(=O)NC(Cc1c[nH]c2ccccc12)C(=O)O)C(C)CC. The Balaban J connectivity index is 1.82. The number of hydrogen-bond donors (Lipinski definition) is 12. The molecule has 12 N–H and O–H groups in total. The Morgan fingerprint density at radius 2 is 1.24 bits per heavy atom. The number of carboxylic acid groups (broad SMARTS) is 2. The number of nitrogens with two attached hydrogens (primary N) is 1. The quantitative estimate of drug-likeness (QED) is 0.0492. The number of hydrogen-bond acceptors (Lipinski definition) is 11. The number of aromatic amines is 2. The van der Waals surface area contributed by atoms with E-state index in [1.165, 1.54) is 12.5 Å². The Morgan fingerprint density at radius 3 is 1.79 bits per heavy atom. The molecule has 9 atom stereocenters. The van der Waals surface area contributed by atoms with Gasteiger partial charge in [-0.1, -0.05) is 72.6 Å². The molecule has 0 aliphatic carbocycles. The number of fused-ring (bicyclic) bond motifs is 1. The number of carbonyl (C=O) groups excluding carboxylic acids is 6. The summed E-state index contributed by atoms with van der Waals surface area (Å²) in [6.45, 7) is 10.4. The Labute approximate surface area is 371 Å². The van der Waals surface area contributed by atoms with Crippen LogP contribution < -0.4 is 37.6 Å². The molecular formula is C42H62N10O10S. The van der Waals surface area contributed by atoms with Crippen molar-refractivity contribution in [2.75, 3.05) is 5.75 Å². The summed E-state index contributed by atoms with van der Waals surface area (Å²) in [5, 5.41) is 36.1. The van der Waals surface area contributed by atoms with E-state index in [0.29, 0.717) is 24.1 Å². The fourth-order valence-corrected chi connectivity index (χ4v) is 6.87. The Hall–Kier alpha value is -5.96. The van der Waals surface area contributed by atoms with Gasteiger partial charge in [0.2, 0.25) is 35.4 Å². The molecule has 0 spiro atoms. The zero-order valence-electron chi connectivity index (χ0n) is 36.4. The van der Waals surface area contributed by atoms with E-state index in [4.69, 9.17) is 5.73 Å². The lowest BCUT2D eigenvalue weighted by Crippen LogP contribution is -2.61. The highest BCUT2D eigenvalue weighted by Gasteiger charge is 2.37. The van der Waals surface area contributed by atoms with Crippen LogP contribution in [0.3, 0.4) is 0 Å². The number of aromatic nitrogens is 3. The second-order valence-electron chi connectivity index (χ2n) is 16.2. The molecule has 346 valence electrons. The number of para-hydroxylation sites is 1. The lowest BCUT2D eigenvalue weighted by molar-refractivity contribution is -0.142. The Bertz CT molecular complexity index is 2040. The number of amides is 6. The maximum Gasteiger partial charge on any atom is 0.326 e. The molecular weight excluding hydrogens is 837 g/mol. The second kappa shape index (κ2) is 24.6. The van der Waals surface area contributed by atoms with Gasteiger partial charge in [0.05, 0.1) is 18.8 Å². The van der Waals surface area contributed by atoms with Gasteiger partial charge in [-0.3, -0.25) is 33.6 Å². The monoisotopic (exact) mass is 898 g/mol. The summed E-state index contributed by atoms with van der Waals surface area (Å²) >= 11 is 4.04. The molecule has 2 aromatic heterocycles. The van der Waals surface area contributed by atoms with E-state index in [9.17, 15) is 48.6 Å². The zero-order valence-corrected chi connectivity index (χ0v) is 37.3. The first-order chi connectivity index (χ1) is 29.8. The molecule has 63 heavy (non-hydrogen) atoms. The molecule has 0 fully saturated rings. The van der Waals surface area contributed by atoms with Gasteiger partial charge in [-0.05, 0) is 35.8 Å². The Morgan fingerprint density at radius 1 is 0.698 bits per heavy atom. The number of carboxylic acids is 2. The van der Waals surface area contributed by atoms with Gasteiger partial charge in [0.1, 0.15) is 36.3 Å². The van der Waals surface area contributed by atoms with Gasteiger partial charge in [0.25, 0.3) is 0 Å². The molecule has 0 aliphatic rings. The maximum atomic E-state index is 14.0. The van der Waals surface area contributed by atoms with Crippen LogP contribution in [0.25, 0.3) is 10.9 Å². The molecule has 0 saturated carbocycles. The molecule has 0 aliphatic heterocycles. The molecule has 6 amide bonds. The van der Waals surface area contributed by atoms with Crippen LogP contribution in [0.5, 0.6) is 0 Å². The van der Waals surface area contributed by atoms with Crippen molar-refractivity contribution in [3.63, 3.8) is 0 Å². The normalized spacial score (nSPS) is 15.6. The number of nitrogens with zero attached hydrogens (tertiary/aromatic N) is 1. The van der Waals surface area contributed by atoms with Gasteiger partial charge in [0.15, 0.2) is 0 Å². The minimum atomic E-state index is -1.73. The summed E-state index contributed by atoms with van der Waals surface area (Å²) in [6.07, 6.45) is 4.29. The van der Waals surface area contributed by atoms with E-state index in [1.807, 2.05) is 24.3 Å². The van der Waals surface area contributed by atoms with Crippen molar-refractivity contribution in [2.45, 2.75) is 122 Å². The number of benzene rings is 1. The molecule has 9 unspecified atom stereocenters. The van der Waals surface area contributed by atoms with Crippen LogP contribution in [0.1, 0.15) is 78.5 Å². The van der Waals surface area contributed by atoms with E-state index in [-0.39, 0.29) is 30.9 Å². The van der Waals surface area contributed by atoms with Crippen molar-refractivity contribution in [1.82, 2.24) is 46.9 Å². The van der Waals surface area contributed by atoms with E-state index in [1.54, 1.807) is 47.7 Å². The molecule has 0 bridgehead atoms. The average molecular weight is 899 g/mol. The lowest BCUT2D eigenvalue weighted by Gasteiger charge is -2.31. The Kier molecular flexibility index (Phi) is 20.1. The molecule has 20 nitrogen and oxygen atoms in total. The van der Waals surface area contributed by atoms with Gasteiger partial charge in [-0.15, -0.1) is 0 Å².